The quantitative estimate of drug-likeness (QED) is 0.480. The second kappa shape index (κ2) is 11.8. The molecule has 0 bridgehead atoms. The van der Waals surface area contributed by atoms with Gasteiger partial charge in [0.05, 0.1) is 11.9 Å². The molecule has 2 aromatic carbocycles. The molecule has 9 heteroatoms. The Balaban J connectivity index is 2.42. The van der Waals surface area contributed by atoms with Gasteiger partial charge in [0.15, 0.2) is 0 Å². The molecule has 1 N–H and O–H groups in total. The number of aryl methyl sites for hydroxylation is 1. The van der Waals surface area contributed by atoms with Gasteiger partial charge in [0.25, 0.3) is 0 Å². The van der Waals surface area contributed by atoms with E-state index in [0.29, 0.717) is 5.69 Å². The predicted octanol–water partition coefficient (Wildman–Crippen LogP) is 4.16. The fourth-order valence-electron chi connectivity index (χ4n) is 3.44. The van der Waals surface area contributed by atoms with Crippen molar-refractivity contribution < 1.29 is 18.0 Å². The molecule has 0 saturated carbocycles. The molecule has 0 aromatic heterocycles. The minimum absolute atomic E-state index is 0.0398. The van der Waals surface area contributed by atoms with E-state index >= 15 is 0 Å². The molecule has 7 nitrogen and oxygen atoms in total. The van der Waals surface area contributed by atoms with Gasteiger partial charge in [-0.1, -0.05) is 47.1 Å². The van der Waals surface area contributed by atoms with Gasteiger partial charge in [-0.2, -0.15) is 0 Å². The van der Waals surface area contributed by atoms with Gasteiger partial charge in [0.1, 0.15) is 12.6 Å². The molecule has 0 saturated heterocycles. The van der Waals surface area contributed by atoms with Crippen molar-refractivity contribution in [1.29, 1.82) is 0 Å². The molecule has 2 aromatic rings. The minimum atomic E-state index is -3.75. The number of rotatable bonds is 10. The lowest BCUT2D eigenvalue weighted by Crippen LogP contribution is -2.52. The smallest absolute Gasteiger partial charge is 0.244 e. The van der Waals surface area contributed by atoms with Crippen LogP contribution in [-0.2, 0) is 26.2 Å². The third-order valence-corrected chi connectivity index (χ3v) is 7.61. The lowest BCUT2D eigenvalue weighted by atomic mass is 10.1. The van der Waals surface area contributed by atoms with Gasteiger partial charge < -0.3 is 10.2 Å². The van der Waals surface area contributed by atoms with Crippen molar-refractivity contribution in [2.24, 2.45) is 0 Å². The van der Waals surface area contributed by atoms with Gasteiger partial charge >= 0.3 is 0 Å². The standard InChI is InChI=1S/C25H34BrN3O4S/c1-7-18(3)27-25(31)20(5)28(15-21-11-13-22(26)14-12-21)24(30)16-29(34(6,32)33)23-10-8-9-17(2)19(23)4/h8-14,18,20H,7,15-16H2,1-6H3,(H,27,31)/t18-,20-/m0/s1. The van der Waals surface area contributed by atoms with Gasteiger partial charge in [0.2, 0.25) is 21.8 Å². The molecule has 0 spiro atoms. The zero-order chi connectivity index (χ0) is 25.6. The maximum Gasteiger partial charge on any atom is 0.244 e. The first-order valence-electron chi connectivity index (χ1n) is 11.2. The summed E-state index contributed by atoms with van der Waals surface area (Å²) in [4.78, 5) is 27.9. The number of benzene rings is 2. The fraction of sp³-hybridized carbons (Fsp3) is 0.440. The van der Waals surface area contributed by atoms with E-state index in [1.165, 1.54) is 4.90 Å². The molecule has 0 radical (unpaired) electrons. The van der Waals surface area contributed by atoms with Crippen molar-refractivity contribution in [3.05, 3.63) is 63.6 Å². The lowest BCUT2D eigenvalue weighted by molar-refractivity contribution is -0.139. The van der Waals surface area contributed by atoms with Gasteiger partial charge in [-0.05, 0) is 69.0 Å². The summed E-state index contributed by atoms with van der Waals surface area (Å²) >= 11 is 3.40. The van der Waals surface area contributed by atoms with Crippen LogP contribution in [0.3, 0.4) is 0 Å². The summed E-state index contributed by atoms with van der Waals surface area (Å²) in [5, 5.41) is 2.92. The molecule has 0 aliphatic heterocycles. The van der Waals surface area contributed by atoms with Crippen molar-refractivity contribution in [3.63, 3.8) is 0 Å². The maximum absolute atomic E-state index is 13.6. The summed E-state index contributed by atoms with van der Waals surface area (Å²) in [6, 6.07) is 12.0. The van der Waals surface area contributed by atoms with E-state index in [1.54, 1.807) is 19.1 Å². The Labute approximate surface area is 211 Å². The van der Waals surface area contributed by atoms with Crippen LogP contribution in [0.2, 0.25) is 0 Å². The minimum Gasteiger partial charge on any atom is -0.352 e. The first kappa shape index (κ1) is 27.9. The van der Waals surface area contributed by atoms with Crippen molar-refractivity contribution in [1.82, 2.24) is 10.2 Å². The highest BCUT2D eigenvalue weighted by atomic mass is 79.9. The molecule has 186 valence electrons. The van der Waals surface area contributed by atoms with Crippen LogP contribution in [0.15, 0.2) is 46.9 Å². The summed E-state index contributed by atoms with van der Waals surface area (Å²) < 4.78 is 27.4. The van der Waals surface area contributed by atoms with Gasteiger partial charge in [-0.3, -0.25) is 13.9 Å². The number of hydrogen-bond acceptors (Lipinski definition) is 4. The van der Waals surface area contributed by atoms with Crippen LogP contribution in [-0.4, -0.2) is 50.0 Å². The number of nitrogens with one attached hydrogen (secondary N) is 1. The van der Waals surface area contributed by atoms with E-state index in [2.05, 4.69) is 21.2 Å². The summed E-state index contributed by atoms with van der Waals surface area (Å²) in [6.45, 7) is 9.02. The van der Waals surface area contributed by atoms with Crippen LogP contribution in [0.5, 0.6) is 0 Å². The third kappa shape index (κ3) is 7.30. The number of amides is 2. The SMILES string of the molecule is CC[C@H](C)NC(=O)[C@H](C)N(Cc1ccc(Br)cc1)C(=O)CN(c1cccc(C)c1C)S(C)(=O)=O. The van der Waals surface area contributed by atoms with E-state index < -0.39 is 28.5 Å². The van der Waals surface area contributed by atoms with Crippen LogP contribution < -0.4 is 9.62 Å². The Morgan fingerprint density at radius 3 is 2.24 bits per heavy atom. The van der Waals surface area contributed by atoms with Crippen molar-refractivity contribution >= 4 is 43.5 Å². The highest BCUT2D eigenvalue weighted by Crippen LogP contribution is 2.25. The number of carbonyl (C=O) groups excluding carboxylic acids is 2. The van der Waals surface area contributed by atoms with E-state index in [9.17, 15) is 18.0 Å². The maximum atomic E-state index is 13.6. The molecule has 0 aliphatic rings. The first-order chi connectivity index (χ1) is 15.8. The lowest BCUT2D eigenvalue weighted by Gasteiger charge is -2.32. The third-order valence-electron chi connectivity index (χ3n) is 5.96. The van der Waals surface area contributed by atoms with Gasteiger partial charge in [-0.15, -0.1) is 0 Å². The Hall–Kier alpha value is -2.39. The number of nitrogens with zero attached hydrogens (tertiary/aromatic N) is 2. The number of carbonyl (C=O) groups is 2. The van der Waals surface area contributed by atoms with Gasteiger partial charge in [-0.25, -0.2) is 8.42 Å². The fourth-order valence-corrected chi connectivity index (χ4v) is 4.60. The number of sulfonamides is 1. The molecule has 0 heterocycles. The van der Waals surface area contributed by atoms with E-state index in [4.69, 9.17) is 0 Å². The van der Waals surface area contributed by atoms with Crippen LogP contribution in [0, 0.1) is 13.8 Å². The topological polar surface area (TPSA) is 86.8 Å². The molecule has 34 heavy (non-hydrogen) atoms. The Kier molecular flexibility index (Phi) is 9.70. The zero-order valence-electron chi connectivity index (χ0n) is 20.6. The van der Waals surface area contributed by atoms with E-state index in [0.717, 1.165) is 38.1 Å². The Morgan fingerprint density at radius 1 is 1.06 bits per heavy atom. The van der Waals surface area contributed by atoms with Crippen LogP contribution >= 0.6 is 15.9 Å². The summed E-state index contributed by atoms with van der Waals surface area (Å²) in [6.07, 6.45) is 1.84. The highest BCUT2D eigenvalue weighted by molar-refractivity contribution is 9.10. The highest BCUT2D eigenvalue weighted by Gasteiger charge is 2.31. The molecule has 2 amide bonds. The Morgan fingerprint density at radius 2 is 1.68 bits per heavy atom. The van der Waals surface area contributed by atoms with Crippen LogP contribution in [0.4, 0.5) is 5.69 Å². The molecular formula is C25H34BrN3O4S. The van der Waals surface area contributed by atoms with Crippen LogP contribution in [0.1, 0.15) is 43.9 Å². The molecule has 2 atom stereocenters. The first-order valence-corrected chi connectivity index (χ1v) is 13.9. The average molecular weight is 553 g/mol. The molecule has 0 aliphatic carbocycles. The summed E-state index contributed by atoms with van der Waals surface area (Å²) in [7, 11) is -3.75. The molecule has 2 rings (SSSR count). The summed E-state index contributed by atoms with van der Waals surface area (Å²) in [5.74, 6) is -0.737. The molecular weight excluding hydrogens is 518 g/mol. The van der Waals surface area contributed by atoms with Crippen molar-refractivity contribution in [2.45, 2.75) is 59.7 Å². The van der Waals surface area contributed by atoms with E-state index in [1.807, 2.05) is 58.0 Å². The largest absolute Gasteiger partial charge is 0.352 e. The normalized spacial score (nSPS) is 13.1. The van der Waals surface area contributed by atoms with Crippen molar-refractivity contribution in [3.8, 4) is 0 Å². The average Bonchev–Trinajstić information content (AvgIpc) is 2.77. The van der Waals surface area contributed by atoms with Crippen molar-refractivity contribution in [2.75, 3.05) is 17.1 Å². The molecule has 0 unspecified atom stereocenters. The second-order valence-corrected chi connectivity index (χ2v) is 11.5. The monoisotopic (exact) mass is 551 g/mol. The summed E-state index contributed by atoms with van der Waals surface area (Å²) in [5.41, 5.74) is 2.99. The van der Waals surface area contributed by atoms with Crippen LogP contribution in [0.25, 0.3) is 0 Å². The zero-order valence-corrected chi connectivity index (χ0v) is 23.0. The van der Waals surface area contributed by atoms with Gasteiger partial charge in [0, 0.05) is 17.1 Å². The second-order valence-electron chi connectivity index (χ2n) is 8.63. The molecule has 0 fully saturated rings. The number of hydrogen-bond donors (Lipinski definition) is 1. The Bertz CT molecular complexity index is 1120. The van der Waals surface area contributed by atoms with E-state index in [-0.39, 0.29) is 18.5 Å². The number of anilines is 1. The number of halogens is 1. The predicted molar refractivity (Wildman–Crippen MR) is 140 cm³/mol.